The first-order chi connectivity index (χ1) is 12.5. The van der Waals surface area contributed by atoms with Crippen LogP contribution in [0.1, 0.15) is 25.4 Å². The third-order valence-electron chi connectivity index (χ3n) is 2.67. The number of thioether (sulfide) groups is 2. The van der Waals surface area contributed by atoms with Gasteiger partial charge in [0.25, 0.3) is 0 Å². The van der Waals surface area contributed by atoms with Crippen LogP contribution in [0.4, 0.5) is 0 Å². The fourth-order valence-corrected chi connectivity index (χ4v) is 1.71. The molecule has 0 fully saturated rings. The quantitative estimate of drug-likeness (QED) is 0.206. The van der Waals surface area contributed by atoms with Crippen molar-refractivity contribution in [2.24, 2.45) is 20.4 Å². The van der Waals surface area contributed by atoms with Crippen molar-refractivity contribution in [3.05, 3.63) is 48.3 Å². The number of rotatable bonds is 4. The molecule has 0 aromatic carbocycles. The van der Waals surface area contributed by atoms with Crippen molar-refractivity contribution in [3.8, 4) is 0 Å². The Labute approximate surface area is 189 Å². The Balaban J connectivity index is 0.000000483. The molecule has 2 aromatic heterocycles. The standard InChI is InChI=1S/2C8H10N2OS2.Cu/c2*1-6(7-4-3-5-11-7)9-10-8(12)13-2;/h2*3-5H,1-2H3,(H,10,12);/q;;+2/p-2/b2*9-6+;. The summed E-state index contributed by atoms with van der Waals surface area (Å²) in [7, 11) is 0. The SMILES string of the molecule is CS/C([S-])=N/N=C(\C)c1ccco1.CS/C([S-])=N/N=C(\C)c1ccco1.[Cu+2]. The van der Waals surface area contributed by atoms with Gasteiger partial charge in [-0.1, -0.05) is 0 Å². The molecule has 27 heavy (non-hydrogen) atoms. The van der Waals surface area contributed by atoms with Gasteiger partial charge in [-0.3, -0.25) is 0 Å². The molecule has 0 amide bonds. The van der Waals surface area contributed by atoms with Crippen molar-refractivity contribution in [2.75, 3.05) is 12.5 Å². The molecule has 2 heterocycles. The monoisotopic (exact) mass is 489 g/mol. The van der Waals surface area contributed by atoms with E-state index in [0.717, 1.165) is 11.4 Å². The van der Waals surface area contributed by atoms with Crippen molar-refractivity contribution < 1.29 is 25.9 Å². The van der Waals surface area contributed by atoms with Crippen LogP contribution in [0.15, 0.2) is 66.0 Å². The minimum Gasteiger partial charge on any atom is -0.752 e. The summed E-state index contributed by atoms with van der Waals surface area (Å²) in [6.07, 6.45) is 6.93. The maximum absolute atomic E-state index is 5.12. The van der Waals surface area contributed by atoms with Crippen molar-refractivity contribution >= 4 is 69.0 Å². The number of furan rings is 2. The van der Waals surface area contributed by atoms with Crippen LogP contribution in [0.2, 0.25) is 0 Å². The molecule has 0 N–H and O–H groups in total. The Kier molecular flexibility index (Phi) is 14.3. The van der Waals surface area contributed by atoms with Crippen molar-refractivity contribution in [2.45, 2.75) is 13.8 Å². The van der Waals surface area contributed by atoms with Gasteiger partial charge in [-0.2, -0.15) is 20.4 Å². The summed E-state index contributed by atoms with van der Waals surface area (Å²) in [6.45, 7) is 3.65. The molecule has 0 saturated carbocycles. The summed E-state index contributed by atoms with van der Waals surface area (Å²) in [4.78, 5) is 0. The average molecular weight is 490 g/mol. The number of hydrogen-bond acceptors (Lipinski definition) is 10. The topological polar surface area (TPSA) is 75.7 Å². The number of hydrogen-bond donors (Lipinski definition) is 0. The zero-order valence-corrected chi connectivity index (χ0v) is 19.2. The third-order valence-corrected chi connectivity index (χ3v) is 4.69. The predicted octanol–water partition coefficient (Wildman–Crippen LogP) is 4.54. The summed E-state index contributed by atoms with van der Waals surface area (Å²) in [5.74, 6) is 1.43. The van der Waals surface area contributed by atoms with Crippen molar-refractivity contribution in [1.82, 2.24) is 0 Å². The molecule has 149 valence electrons. The van der Waals surface area contributed by atoms with E-state index in [2.05, 4.69) is 20.4 Å². The molecule has 2 rings (SSSR count). The molecule has 0 bridgehead atoms. The van der Waals surface area contributed by atoms with Crippen LogP contribution in [0.25, 0.3) is 0 Å². The summed E-state index contributed by atoms with van der Waals surface area (Å²) in [5, 5.41) is 15.5. The largest absolute Gasteiger partial charge is 2.00 e. The average Bonchev–Trinajstić information content (AvgIpc) is 3.37. The van der Waals surface area contributed by atoms with Gasteiger partial charge in [-0.05, 0) is 59.4 Å². The molecule has 0 saturated heterocycles. The summed E-state index contributed by atoms with van der Waals surface area (Å²) in [6, 6.07) is 7.27. The smallest absolute Gasteiger partial charge is 0.752 e. The first-order valence-electron chi connectivity index (χ1n) is 7.22. The van der Waals surface area contributed by atoms with Gasteiger partial charge in [0.1, 0.15) is 22.9 Å². The predicted molar refractivity (Wildman–Crippen MR) is 118 cm³/mol. The van der Waals surface area contributed by atoms with E-state index in [1.807, 2.05) is 38.5 Å². The van der Waals surface area contributed by atoms with Gasteiger partial charge >= 0.3 is 17.1 Å². The molecule has 11 heteroatoms. The van der Waals surface area contributed by atoms with E-state index in [1.54, 1.807) is 24.7 Å². The molecule has 0 spiro atoms. The zero-order valence-electron chi connectivity index (χ0n) is 15.0. The van der Waals surface area contributed by atoms with Crippen LogP contribution in [-0.2, 0) is 42.3 Å². The van der Waals surface area contributed by atoms with Crippen LogP contribution in [-0.4, -0.2) is 32.7 Å². The molecule has 2 aromatic rings. The first-order valence-corrected chi connectivity index (χ1v) is 10.5. The fourth-order valence-electron chi connectivity index (χ4n) is 1.38. The third kappa shape index (κ3) is 10.7. The van der Waals surface area contributed by atoms with Crippen molar-refractivity contribution in [1.29, 1.82) is 0 Å². The molecule has 6 nitrogen and oxygen atoms in total. The second-order valence-corrected chi connectivity index (χ2v) is 7.35. The Morgan fingerprint density at radius 2 is 1.15 bits per heavy atom. The van der Waals surface area contributed by atoms with E-state index in [0.29, 0.717) is 20.3 Å². The molecular weight excluding hydrogens is 472 g/mol. The van der Waals surface area contributed by atoms with E-state index in [4.69, 9.17) is 34.1 Å². The summed E-state index contributed by atoms with van der Waals surface area (Å²) >= 11 is 12.5. The summed E-state index contributed by atoms with van der Waals surface area (Å²) in [5.41, 5.74) is 1.45. The molecule has 0 aliphatic carbocycles. The normalized spacial score (nSPS) is 12.9. The zero-order chi connectivity index (χ0) is 19.4. The molecule has 0 atom stereocenters. The van der Waals surface area contributed by atoms with E-state index >= 15 is 0 Å². The Morgan fingerprint density at radius 1 is 0.778 bits per heavy atom. The minimum absolute atomic E-state index is 0. The first kappa shape index (κ1) is 25.9. The van der Waals surface area contributed by atoms with Gasteiger partial charge in [-0.25, -0.2) is 0 Å². The van der Waals surface area contributed by atoms with E-state index < -0.39 is 0 Å². The molecule has 0 aliphatic heterocycles. The van der Waals surface area contributed by atoms with Gasteiger partial charge < -0.3 is 34.1 Å². The molecule has 0 aliphatic rings. The van der Waals surface area contributed by atoms with Crippen molar-refractivity contribution in [3.63, 3.8) is 0 Å². The minimum atomic E-state index is 0. The van der Waals surface area contributed by atoms with Crippen LogP contribution in [0.3, 0.4) is 0 Å². The molecular formula is C16H18CuN4O2S4. The van der Waals surface area contributed by atoms with E-state index in [1.165, 1.54) is 23.5 Å². The van der Waals surface area contributed by atoms with Gasteiger partial charge in [0.15, 0.2) is 0 Å². The Bertz CT molecular complexity index is 706. The van der Waals surface area contributed by atoms with Gasteiger partial charge in [0, 0.05) is 0 Å². The maximum Gasteiger partial charge on any atom is 2.00 e. The Hall–Kier alpha value is -1.10. The second kappa shape index (κ2) is 14.9. The molecule has 1 radical (unpaired) electrons. The van der Waals surface area contributed by atoms with E-state index in [9.17, 15) is 0 Å². The fraction of sp³-hybridized carbons (Fsp3) is 0.250. The van der Waals surface area contributed by atoms with Crippen LogP contribution < -0.4 is 0 Å². The van der Waals surface area contributed by atoms with Gasteiger partial charge in [0.2, 0.25) is 0 Å². The summed E-state index contributed by atoms with van der Waals surface area (Å²) < 4.78 is 11.3. The Morgan fingerprint density at radius 3 is 1.41 bits per heavy atom. The van der Waals surface area contributed by atoms with E-state index in [-0.39, 0.29) is 17.1 Å². The van der Waals surface area contributed by atoms with Crippen LogP contribution in [0.5, 0.6) is 0 Å². The maximum atomic E-state index is 5.12. The van der Waals surface area contributed by atoms with Gasteiger partial charge in [-0.15, -0.1) is 23.5 Å². The van der Waals surface area contributed by atoms with Crippen LogP contribution >= 0.6 is 23.5 Å². The van der Waals surface area contributed by atoms with Gasteiger partial charge in [0.05, 0.1) is 12.5 Å². The molecule has 0 unspecified atom stereocenters. The number of nitrogens with zero attached hydrogens (tertiary/aromatic N) is 4. The van der Waals surface area contributed by atoms with Crippen LogP contribution in [0, 0.1) is 0 Å². The second-order valence-electron chi connectivity index (χ2n) is 4.47.